The highest BCUT2D eigenvalue weighted by Crippen LogP contribution is 2.35. The number of benzene rings is 2. The van der Waals surface area contributed by atoms with E-state index in [1.807, 2.05) is 22.6 Å². The number of hydrogen-bond donors (Lipinski definition) is 1. The summed E-state index contributed by atoms with van der Waals surface area (Å²) in [6.45, 7) is 0.0218. The Balaban J connectivity index is 2.03. The average Bonchev–Trinajstić information content (AvgIpc) is 2.75. The van der Waals surface area contributed by atoms with Crippen molar-refractivity contribution in [1.29, 1.82) is 0 Å². The molecule has 10 nitrogen and oxygen atoms in total. The second kappa shape index (κ2) is 9.48. The molecule has 1 aliphatic heterocycles. The largest absolute Gasteiger partial charge is 0.493 e. The van der Waals surface area contributed by atoms with Gasteiger partial charge in [0.15, 0.2) is 11.5 Å². The fourth-order valence-corrected chi connectivity index (χ4v) is 3.66. The molecule has 2 aromatic carbocycles. The summed E-state index contributed by atoms with van der Waals surface area (Å²) in [4.78, 5) is 48.8. The highest BCUT2D eigenvalue weighted by Gasteiger charge is 2.37. The normalized spacial score (nSPS) is 14.7. The number of amides is 4. The van der Waals surface area contributed by atoms with Gasteiger partial charge in [0.1, 0.15) is 12.2 Å². The number of imide groups is 2. The highest BCUT2D eigenvalue weighted by atomic mass is 127. The van der Waals surface area contributed by atoms with Crippen molar-refractivity contribution >= 4 is 57.9 Å². The minimum absolute atomic E-state index is 0.0218. The molecule has 1 aliphatic rings. The van der Waals surface area contributed by atoms with E-state index in [1.54, 1.807) is 6.07 Å². The number of non-ortho nitro benzene ring substituents is 1. The zero-order chi connectivity index (χ0) is 23.4. The van der Waals surface area contributed by atoms with Gasteiger partial charge in [0.2, 0.25) is 0 Å². The molecule has 32 heavy (non-hydrogen) atoms. The molecule has 3 rings (SSSR count). The number of carbonyl (C=O) groups excluding carboxylic acids is 3. The second-order valence-corrected chi connectivity index (χ2v) is 7.42. The Kier molecular flexibility index (Phi) is 6.74. The zero-order valence-corrected chi connectivity index (χ0v) is 18.6. The van der Waals surface area contributed by atoms with E-state index in [4.69, 9.17) is 15.9 Å². The molecule has 11 heteroatoms. The van der Waals surface area contributed by atoms with Crippen molar-refractivity contribution in [2.75, 3.05) is 18.6 Å². The number of urea groups is 1. The van der Waals surface area contributed by atoms with E-state index in [9.17, 15) is 24.5 Å². The van der Waals surface area contributed by atoms with Crippen LogP contribution >= 0.6 is 22.6 Å². The Labute approximate surface area is 195 Å². The average molecular weight is 547 g/mol. The SMILES string of the molecule is C#CCOc1c(I)cc(/C=C2\C(=O)NC(=O)N(c3cccc([N+](=O)[O-])c3)C2=O)cc1OC. The van der Waals surface area contributed by atoms with Crippen molar-refractivity contribution in [2.45, 2.75) is 0 Å². The Morgan fingerprint density at radius 1 is 1.28 bits per heavy atom. The summed E-state index contributed by atoms with van der Waals surface area (Å²) >= 11 is 1.99. The predicted molar refractivity (Wildman–Crippen MR) is 122 cm³/mol. The topological polar surface area (TPSA) is 128 Å². The Hall–Kier alpha value is -3.92. The highest BCUT2D eigenvalue weighted by molar-refractivity contribution is 14.1. The van der Waals surface area contributed by atoms with Gasteiger partial charge in [-0.25, -0.2) is 9.69 Å². The quantitative estimate of drug-likeness (QED) is 0.147. The Morgan fingerprint density at radius 2 is 2.03 bits per heavy atom. The maximum atomic E-state index is 13.0. The van der Waals surface area contributed by atoms with Gasteiger partial charge in [0.05, 0.1) is 21.3 Å². The van der Waals surface area contributed by atoms with E-state index in [0.717, 1.165) is 6.07 Å². The van der Waals surface area contributed by atoms with Crippen molar-refractivity contribution in [3.63, 3.8) is 0 Å². The van der Waals surface area contributed by atoms with Crippen molar-refractivity contribution < 1.29 is 28.8 Å². The molecule has 1 saturated heterocycles. The van der Waals surface area contributed by atoms with Crippen LogP contribution in [0.2, 0.25) is 0 Å². The van der Waals surface area contributed by atoms with Crippen LogP contribution < -0.4 is 19.7 Å². The summed E-state index contributed by atoms with van der Waals surface area (Å²) in [6, 6.07) is 7.12. The number of nitro benzene ring substituents is 1. The summed E-state index contributed by atoms with van der Waals surface area (Å²) in [5.41, 5.74) is -0.282. The number of methoxy groups -OCH3 is 1. The number of nitrogens with one attached hydrogen (secondary N) is 1. The third kappa shape index (κ3) is 4.54. The van der Waals surface area contributed by atoms with E-state index in [1.165, 1.54) is 37.5 Å². The number of ether oxygens (including phenoxy) is 2. The summed E-state index contributed by atoms with van der Waals surface area (Å²) in [7, 11) is 1.42. The molecule has 4 amide bonds. The summed E-state index contributed by atoms with van der Waals surface area (Å²) < 4.78 is 11.4. The molecule has 1 heterocycles. The lowest BCUT2D eigenvalue weighted by Gasteiger charge is -2.26. The third-order valence-electron chi connectivity index (χ3n) is 4.26. The van der Waals surface area contributed by atoms with Crippen LogP contribution in [0.5, 0.6) is 11.5 Å². The van der Waals surface area contributed by atoms with Crippen LogP contribution in [0, 0.1) is 26.0 Å². The van der Waals surface area contributed by atoms with Crippen LogP contribution in [0.15, 0.2) is 42.0 Å². The predicted octanol–water partition coefficient (Wildman–Crippen LogP) is 2.89. The van der Waals surface area contributed by atoms with Gasteiger partial charge in [-0.1, -0.05) is 12.0 Å². The Morgan fingerprint density at radius 3 is 2.69 bits per heavy atom. The number of terminal acetylenes is 1. The molecule has 1 fully saturated rings. The summed E-state index contributed by atoms with van der Waals surface area (Å²) in [6.07, 6.45) is 6.50. The maximum absolute atomic E-state index is 13.0. The maximum Gasteiger partial charge on any atom is 0.335 e. The van der Waals surface area contributed by atoms with E-state index in [0.29, 0.717) is 25.5 Å². The van der Waals surface area contributed by atoms with E-state index >= 15 is 0 Å². The van der Waals surface area contributed by atoms with Crippen LogP contribution in [0.4, 0.5) is 16.2 Å². The lowest BCUT2D eigenvalue weighted by atomic mass is 10.1. The number of anilines is 1. The van der Waals surface area contributed by atoms with Crippen molar-refractivity contribution in [2.24, 2.45) is 0 Å². The molecule has 0 spiro atoms. The summed E-state index contributed by atoms with van der Waals surface area (Å²) in [5.74, 6) is 1.25. The van der Waals surface area contributed by atoms with Crippen molar-refractivity contribution in [3.8, 4) is 23.8 Å². The number of barbiturate groups is 1. The molecular weight excluding hydrogens is 533 g/mol. The van der Waals surface area contributed by atoms with Crippen LogP contribution in [0.3, 0.4) is 0 Å². The van der Waals surface area contributed by atoms with E-state index < -0.39 is 22.8 Å². The lowest BCUT2D eigenvalue weighted by Crippen LogP contribution is -2.54. The van der Waals surface area contributed by atoms with Crippen LogP contribution in [0.25, 0.3) is 6.08 Å². The van der Waals surface area contributed by atoms with Crippen molar-refractivity contribution in [3.05, 3.63) is 61.2 Å². The fraction of sp³-hybridized carbons (Fsp3) is 0.0952. The number of halogens is 1. The van der Waals surface area contributed by atoms with Gasteiger partial charge in [-0.2, -0.15) is 0 Å². The van der Waals surface area contributed by atoms with Crippen LogP contribution in [-0.4, -0.2) is 36.5 Å². The minimum atomic E-state index is -1.01. The molecule has 0 saturated carbocycles. The van der Waals surface area contributed by atoms with Gasteiger partial charge in [-0.15, -0.1) is 6.42 Å². The zero-order valence-electron chi connectivity index (χ0n) is 16.5. The van der Waals surface area contributed by atoms with Gasteiger partial charge in [0.25, 0.3) is 17.5 Å². The molecule has 162 valence electrons. The number of nitrogens with zero attached hydrogens (tertiary/aromatic N) is 2. The molecule has 2 aromatic rings. The standard InChI is InChI=1S/C21H14IN3O7/c1-3-7-32-18-16(22)9-12(10-17(18)31-2)8-15-19(26)23-21(28)24(20(15)27)13-5-4-6-14(11-13)25(29)30/h1,4-6,8-11H,7H2,2H3,(H,23,26,28)/b15-8+. The van der Waals surface area contributed by atoms with Gasteiger partial charge < -0.3 is 9.47 Å². The number of hydrogen-bond acceptors (Lipinski definition) is 7. The molecule has 0 bridgehead atoms. The summed E-state index contributed by atoms with van der Waals surface area (Å²) in [5, 5.41) is 13.1. The number of rotatable bonds is 6. The fourth-order valence-electron chi connectivity index (χ4n) is 2.88. The van der Waals surface area contributed by atoms with Crippen LogP contribution in [-0.2, 0) is 9.59 Å². The first-order valence-corrected chi connectivity index (χ1v) is 9.94. The molecule has 0 radical (unpaired) electrons. The van der Waals surface area contributed by atoms with Gasteiger partial charge in [0, 0.05) is 12.1 Å². The van der Waals surface area contributed by atoms with Crippen molar-refractivity contribution in [1.82, 2.24) is 5.32 Å². The third-order valence-corrected chi connectivity index (χ3v) is 5.06. The van der Waals surface area contributed by atoms with Crippen LogP contribution in [0.1, 0.15) is 5.56 Å². The first kappa shape index (κ1) is 22.8. The smallest absolute Gasteiger partial charge is 0.335 e. The Bertz CT molecular complexity index is 1220. The molecule has 0 unspecified atom stereocenters. The van der Waals surface area contributed by atoms with E-state index in [-0.39, 0.29) is 23.6 Å². The first-order valence-electron chi connectivity index (χ1n) is 8.86. The van der Waals surface area contributed by atoms with Gasteiger partial charge >= 0.3 is 6.03 Å². The van der Waals surface area contributed by atoms with Gasteiger partial charge in [-0.3, -0.25) is 25.0 Å². The number of nitro groups is 1. The molecular formula is C21H14IN3O7. The molecule has 0 aromatic heterocycles. The molecule has 0 atom stereocenters. The number of carbonyl (C=O) groups is 3. The lowest BCUT2D eigenvalue weighted by molar-refractivity contribution is -0.384. The molecule has 1 N–H and O–H groups in total. The second-order valence-electron chi connectivity index (χ2n) is 6.26. The monoisotopic (exact) mass is 547 g/mol. The first-order chi connectivity index (χ1) is 15.3. The van der Waals surface area contributed by atoms with Gasteiger partial charge in [-0.05, 0) is 52.4 Å². The molecule has 0 aliphatic carbocycles. The minimum Gasteiger partial charge on any atom is -0.493 e. The van der Waals surface area contributed by atoms with E-state index in [2.05, 4.69) is 11.2 Å².